The number of rotatable bonds is 11. The first-order chi connectivity index (χ1) is 18.7. The molecule has 40 heavy (non-hydrogen) atoms. The first-order valence-electron chi connectivity index (χ1n) is 12.7. The number of hydrogen-bond donors (Lipinski definition) is 3. The van der Waals surface area contributed by atoms with E-state index >= 15 is 0 Å². The van der Waals surface area contributed by atoms with Crippen LogP contribution in [0, 0.1) is 17.0 Å². The second-order valence-corrected chi connectivity index (χ2v) is 17.2. The summed E-state index contributed by atoms with van der Waals surface area (Å²) >= 11 is 5.16. The number of nitrogens with one attached hydrogen (secondary N) is 2. The molecule has 0 aliphatic heterocycles. The van der Waals surface area contributed by atoms with Crippen molar-refractivity contribution in [1.82, 2.24) is 14.9 Å². The molecule has 1 aromatic carbocycles. The number of aliphatic hydroxyl groups is 1. The van der Waals surface area contributed by atoms with Gasteiger partial charge in [0.25, 0.3) is 0 Å². The van der Waals surface area contributed by atoms with Crippen molar-refractivity contribution < 1.29 is 36.5 Å². The molecule has 1 saturated carbocycles. The molecule has 0 unspecified atom stereocenters. The standard InChI is InChI=1S/C26H31F5N4O3SSi/c1-40(2,3)9-8-37-15-35-12-17(26(29,30)31)21-20(4-7-32-23(21)35)38-22-18(27)10-16(11-19(22)28)34-24(39)33-13-25(14-36)5-6-25/h4,7,10-12,36H,5-6,8-9,13-15H2,1-3H3,(H2,33,34,39). The third-order valence-corrected chi connectivity index (χ3v) is 8.59. The maximum absolute atomic E-state index is 15.0. The Hall–Kier alpha value is -2.81. The summed E-state index contributed by atoms with van der Waals surface area (Å²) in [6.45, 7) is 7.08. The van der Waals surface area contributed by atoms with Crippen molar-refractivity contribution in [2.24, 2.45) is 5.41 Å². The van der Waals surface area contributed by atoms with Gasteiger partial charge in [0.05, 0.1) is 17.6 Å². The van der Waals surface area contributed by atoms with Crippen molar-refractivity contribution in [3.05, 3.63) is 47.8 Å². The molecule has 0 spiro atoms. The van der Waals surface area contributed by atoms with Gasteiger partial charge in [0.15, 0.2) is 22.5 Å². The van der Waals surface area contributed by atoms with Gasteiger partial charge in [-0.2, -0.15) is 13.2 Å². The first-order valence-corrected chi connectivity index (χ1v) is 16.8. The van der Waals surface area contributed by atoms with Crippen LogP contribution in [0.1, 0.15) is 18.4 Å². The highest BCUT2D eigenvalue weighted by Gasteiger charge is 2.42. The summed E-state index contributed by atoms with van der Waals surface area (Å²) in [5.74, 6) is -3.58. The van der Waals surface area contributed by atoms with E-state index in [4.69, 9.17) is 21.7 Å². The normalized spacial score (nSPS) is 14.8. The summed E-state index contributed by atoms with van der Waals surface area (Å²) < 4.78 is 84.1. The van der Waals surface area contributed by atoms with Crippen LogP contribution in [0.2, 0.25) is 25.7 Å². The Balaban J connectivity index is 1.56. The van der Waals surface area contributed by atoms with Gasteiger partial charge in [0.2, 0.25) is 0 Å². The number of aromatic nitrogens is 2. The van der Waals surface area contributed by atoms with Crippen LogP contribution in [0.4, 0.5) is 27.6 Å². The van der Waals surface area contributed by atoms with Gasteiger partial charge in [-0.3, -0.25) is 0 Å². The highest BCUT2D eigenvalue weighted by atomic mass is 32.1. The quantitative estimate of drug-likeness (QED) is 0.100. The molecule has 0 radical (unpaired) electrons. The van der Waals surface area contributed by atoms with Gasteiger partial charge >= 0.3 is 6.18 Å². The summed E-state index contributed by atoms with van der Waals surface area (Å²) in [4.78, 5) is 4.06. The molecule has 2 heterocycles. The van der Waals surface area contributed by atoms with Gasteiger partial charge in [-0.05, 0) is 37.2 Å². The zero-order valence-corrected chi connectivity index (χ0v) is 24.1. The molecular formula is C26H31F5N4O3SSi. The Kier molecular flexibility index (Phi) is 8.73. The minimum atomic E-state index is -4.79. The molecule has 0 atom stereocenters. The van der Waals surface area contributed by atoms with Gasteiger partial charge in [0, 0.05) is 56.9 Å². The Morgan fingerprint density at radius 3 is 2.45 bits per heavy atom. The highest BCUT2D eigenvalue weighted by Crippen LogP contribution is 2.44. The molecule has 2 aromatic heterocycles. The number of fused-ring (bicyclic) bond motifs is 1. The third kappa shape index (κ3) is 7.27. The topological polar surface area (TPSA) is 80.6 Å². The van der Waals surface area contributed by atoms with Crippen LogP contribution in [0.15, 0.2) is 30.6 Å². The van der Waals surface area contributed by atoms with Gasteiger partial charge in [-0.1, -0.05) is 19.6 Å². The number of thiocarbonyl (C=S) groups is 1. The molecular weight excluding hydrogens is 571 g/mol. The van der Waals surface area contributed by atoms with Crippen molar-refractivity contribution in [3.8, 4) is 11.5 Å². The molecule has 14 heteroatoms. The molecule has 1 aliphatic carbocycles. The Morgan fingerprint density at radius 2 is 1.88 bits per heavy atom. The fraction of sp³-hybridized carbons (Fsp3) is 0.462. The largest absolute Gasteiger partial charge is 0.450 e. The molecule has 0 bridgehead atoms. The Morgan fingerprint density at radius 1 is 1.20 bits per heavy atom. The summed E-state index contributed by atoms with van der Waals surface area (Å²) in [6, 6.07) is 3.79. The minimum Gasteiger partial charge on any atom is -0.450 e. The number of aliphatic hydroxyl groups excluding tert-OH is 1. The zero-order valence-electron chi connectivity index (χ0n) is 22.3. The summed E-state index contributed by atoms with van der Waals surface area (Å²) in [7, 11) is -1.41. The van der Waals surface area contributed by atoms with Crippen molar-refractivity contribution >= 4 is 42.1 Å². The zero-order chi connectivity index (χ0) is 29.3. The molecule has 0 saturated heterocycles. The highest BCUT2D eigenvalue weighted by molar-refractivity contribution is 7.80. The SMILES string of the molecule is C[Si](C)(C)CCOCn1cc(C(F)(F)F)c2c(Oc3c(F)cc(NC(=S)NCC4(CO)CC4)cc3F)ccnc21. The number of nitrogens with zero attached hydrogens (tertiary/aromatic N) is 2. The van der Waals surface area contributed by atoms with Crippen molar-refractivity contribution in [2.75, 3.05) is 25.1 Å². The maximum atomic E-state index is 15.0. The van der Waals surface area contributed by atoms with Crippen LogP contribution in [0.5, 0.6) is 11.5 Å². The second kappa shape index (κ2) is 11.6. The van der Waals surface area contributed by atoms with Gasteiger partial charge in [0.1, 0.15) is 18.1 Å². The molecule has 1 aliphatic rings. The van der Waals surface area contributed by atoms with Gasteiger partial charge in [-0.25, -0.2) is 13.8 Å². The second-order valence-electron chi connectivity index (χ2n) is 11.2. The van der Waals surface area contributed by atoms with Crippen LogP contribution < -0.4 is 15.4 Å². The van der Waals surface area contributed by atoms with E-state index in [0.717, 1.165) is 43.3 Å². The number of benzene rings is 1. The smallest absolute Gasteiger partial charge is 0.418 e. The average Bonchev–Trinajstić information content (AvgIpc) is 3.54. The molecule has 7 nitrogen and oxygen atoms in total. The number of alkyl halides is 3. The molecule has 218 valence electrons. The van der Waals surface area contributed by atoms with Crippen molar-refractivity contribution in [1.29, 1.82) is 0 Å². The van der Waals surface area contributed by atoms with Crippen LogP contribution in [0.25, 0.3) is 11.0 Å². The number of ether oxygens (including phenoxy) is 2. The van der Waals surface area contributed by atoms with Crippen molar-refractivity contribution in [3.63, 3.8) is 0 Å². The Labute approximate surface area is 234 Å². The molecule has 4 rings (SSSR count). The number of hydrogen-bond acceptors (Lipinski definition) is 5. The van der Waals surface area contributed by atoms with E-state index in [0.29, 0.717) is 13.2 Å². The number of pyridine rings is 1. The van der Waals surface area contributed by atoms with E-state index in [9.17, 15) is 27.1 Å². The Bertz CT molecular complexity index is 1370. The molecule has 1 fully saturated rings. The fourth-order valence-electron chi connectivity index (χ4n) is 3.98. The van der Waals surface area contributed by atoms with E-state index in [1.807, 2.05) is 0 Å². The van der Waals surface area contributed by atoms with E-state index in [1.165, 1.54) is 10.8 Å². The monoisotopic (exact) mass is 602 g/mol. The van der Waals surface area contributed by atoms with Gasteiger partial charge in [-0.15, -0.1) is 0 Å². The lowest BCUT2D eigenvalue weighted by Crippen LogP contribution is -2.34. The predicted octanol–water partition coefficient (Wildman–Crippen LogP) is 6.50. The summed E-state index contributed by atoms with van der Waals surface area (Å²) in [6.07, 6.45) is -1.03. The van der Waals surface area contributed by atoms with Crippen LogP contribution >= 0.6 is 12.2 Å². The molecule has 0 amide bonds. The number of anilines is 1. The molecule has 3 aromatic rings. The summed E-state index contributed by atoms with van der Waals surface area (Å²) in [5, 5.41) is 14.6. The van der Waals surface area contributed by atoms with Crippen LogP contribution in [-0.4, -0.2) is 47.6 Å². The van der Waals surface area contributed by atoms with E-state index < -0.39 is 48.3 Å². The molecule has 3 N–H and O–H groups in total. The predicted molar refractivity (Wildman–Crippen MR) is 148 cm³/mol. The lowest BCUT2D eigenvalue weighted by molar-refractivity contribution is -0.136. The fourth-order valence-corrected chi connectivity index (χ4v) is 4.92. The van der Waals surface area contributed by atoms with Crippen molar-refractivity contribution in [2.45, 2.75) is 51.4 Å². The van der Waals surface area contributed by atoms with Crippen LogP contribution in [-0.2, 0) is 17.6 Å². The lowest BCUT2D eigenvalue weighted by Gasteiger charge is -2.16. The third-order valence-electron chi connectivity index (χ3n) is 6.64. The number of halogens is 5. The maximum Gasteiger partial charge on any atom is 0.418 e. The average molecular weight is 603 g/mol. The van der Waals surface area contributed by atoms with E-state index in [-0.39, 0.29) is 35.2 Å². The van der Waals surface area contributed by atoms with Crippen LogP contribution in [0.3, 0.4) is 0 Å². The van der Waals surface area contributed by atoms with E-state index in [1.54, 1.807) is 0 Å². The first kappa shape index (κ1) is 30.2. The summed E-state index contributed by atoms with van der Waals surface area (Å²) in [5.41, 5.74) is -1.41. The van der Waals surface area contributed by atoms with Gasteiger partial charge < -0.3 is 29.8 Å². The lowest BCUT2D eigenvalue weighted by atomic mass is 10.1. The minimum absolute atomic E-state index is 0.00520. The van der Waals surface area contributed by atoms with E-state index in [2.05, 4.69) is 35.3 Å².